The summed E-state index contributed by atoms with van der Waals surface area (Å²) < 4.78 is 31.3. The molecule has 0 aliphatic rings. The zero-order valence-corrected chi connectivity index (χ0v) is 7.03. The first-order chi connectivity index (χ1) is 5.55. The van der Waals surface area contributed by atoms with Crippen molar-refractivity contribution < 1.29 is 17.5 Å². The normalized spacial score (nSPS) is 11.1. The van der Waals surface area contributed by atoms with E-state index in [9.17, 15) is 8.42 Å². The Kier molecular flexibility index (Phi) is 2.25. The van der Waals surface area contributed by atoms with E-state index in [-0.39, 0.29) is 5.03 Å². The van der Waals surface area contributed by atoms with Crippen LogP contribution in [-0.4, -0.2) is 13.0 Å². The minimum atomic E-state index is -4.15. The number of nitrogens with zero attached hydrogens (tertiary/aromatic N) is 1. The van der Waals surface area contributed by atoms with Gasteiger partial charge in [0.25, 0.3) is 0 Å². The van der Waals surface area contributed by atoms with Gasteiger partial charge in [0.1, 0.15) is 0 Å². The fourth-order valence-electron chi connectivity index (χ4n) is 0.810. The molecular formula is C7H8NO3S+. The molecule has 0 spiro atoms. The predicted octanol–water partition coefficient (Wildman–Crippen LogP) is 0.321. The van der Waals surface area contributed by atoms with Crippen molar-refractivity contribution in [2.45, 2.75) is 5.03 Å². The molecule has 5 heteroatoms. The standard InChI is InChI=1S/C7H7NO3S/c1-2-8-6-4-3-5-7(8)12(9,10)11/h2-6H,1H2/p+1. The molecule has 0 atom stereocenters. The fraction of sp³-hybridized carbons (Fsp3) is 0. The zero-order chi connectivity index (χ0) is 9.19. The summed E-state index contributed by atoms with van der Waals surface area (Å²) in [5.74, 6) is 0. The summed E-state index contributed by atoms with van der Waals surface area (Å²) in [6.07, 6.45) is 2.78. The van der Waals surface area contributed by atoms with Crippen LogP contribution >= 0.6 is 0 Å². The van der Waals surface area contributed by atoms with Gasteiger partial charge in [0.15, 0.2) is 12.4 Å². The van der Waals surface area contributed by atoms with E-state index >= 15 is 0 Å². The quantitative estimate of drug-likeness (QED) is 0.534. The fourth-order valence-corrected chi connectivity index (χ4v) is 1.46. The highest BCUT2D eigenvalue weighted by Crippen LogP contribution is 1.99. The summed E-state index contributed by atoms with van der Waals surface area (Å²) in [6, 6.07) is 4.44. The van der Waals surface area contributed by atoms with E-state index in [1.54, 1.807) is 6.07 Å². The largest absolute Gasteiger partial charge is 0.355 e. The maximum atomic E-state index is 10.7. The van der Waals surface area contributed by atoms with Gasteiger partial charge < -0.3 is 0 Å². The lowest BCUT2D eigenvalue weighted by Crippen LogP contribution is -2.32. The van der Waals surface area contributed by atoms with Gasteiger partial charge in [-0.2, -0.15) is 13.0 Å². The lowest BCUT2D eigenvalue weighted by atomic mass is 10.5. The van der Waals surface area contributed by atoms with Gasteiger partial charge in [-0.1, -0.05) is 0 Å². The molecule has 0 radical (unpaired) electrons. The maximum absolute atomic E-state index is 10.7. The van der Waals surface area contributed by atoms with Crippen molar-refractivity contribution in [2.75, 3.05) is 0 Å². The van der Waals surface area contributed by atoms with Crippen molar-refractivity contribution in [1.82, 2.24) is 0 Å². The number of hydrogen-bond acceptors (Lipinski definition) is 2. The molecular weight excluding hydrogens is 178 g/mol. The second-order valence-electron chi connectivity index (χ2n) is 2.10. The molecule has 4 nitrogen and oxygen atoms in total. The van der Waals surface area contributed by atoms with Crippen molar-refractivity contribution in [3.05, 3.63) is 31.0 Å². The molecule has 0 unspecified atom stereocenters. The van der Waals surface area contributed by atoms with Gasteiger partial charge in [-0.15, -0.1) is 0 Å². The van der Waals surface area contributed by atoms with Crippen molar-refractivity contribution >= 4 is 16.3 Å². The first-order valence-electron chi connectivity index (χ1n) is 3.16. The minimum Gasteiger partial charge on any atom is -0.277 e. The Hall–Kier alpha value is -1.20. The van der Waals surface area contributed by atoms with Crippen LogP contribution in [0, 0.1) is 0 Å². The number of pyridine rings is 1. The summed E-state index contributed by atoms with van der Waals surface area (Å²) in [5, 5.41) is -0.194. The second kappa shape index (κ2) is 3.04. The molecule has 64 valence electrons. The predicted molar refractivity (Wildman–Crippen MR) is 42.8 cm³/mol. The van der Waals surface area contributed by atoms with Crippen molar-refractivity contribution in [3.8, 4) is 0 Å². The summed E-state index contributed by atoms with van der Waals surface area (Å²) >= 11 is 0. The van der Waals surface area contributed by atoms with E-state index in [1.165, 1.54) is 29.1 Å². The molecule has 1 rings (SSSR count). The van der Waals surface area contributed by atoms with Gasteiger partial charge in [0, 0.05) is 12.1 Å². The molecule has 0 aromatic carbocycles. The molecule has 1 heterocycles. The third-order valence-electron chi connectivity index (χ3n) is 1.31. The molecule has 0 amide bonds. The van der Waals surface area contributed by atoms with Crippen molar-refractivity contribution in [1.29, 1.82) is 0 Å². The average Bonchev–Trinajstić information content (AvgIpc) is 2.03. The SMILES string of the molecule is C=C[n+]1ccccc1S(=O)(=O)O. The van der Waals surface area contributed by atoms with E-state index in [4.69, 9.17) is 4.55 Å². The maximum Gasteiger partial charge on any atom is 0.355 e. The Bertz CT molecular complexity index is 397. The van der Waals surface area contributed by atoms with Crippen LogP contribution in [0.5, 0.6) is 0 Å². The number of aromatic nitrogens is 1. The summed E-state index contributed by atoms with van der Waals surface area (Å²) in [7, 11) is -4.15. The Morgan fingerprint density at radius 3 is 2.58 bits per heavy atom. The van der Waals surface area contributed by atoms with Gasteiger partial charge >= 0.3 is 15.1 Å². The van der Waals surface area contributed by atoms with Crippen LogP contribution in [-0.2, 0) is 10.1 Å². The molecule has 1 N–H and O–H groups in total. The van der Waals surface area contributed by atoms with Crippen LogP contribution < -0.4 is 4.57 Å². The lowest BCUT2D eigenvalue weighted by Gasteiger charge is -1.93. The topological polar surface area (TPSA) is 58.2 Å². The van der Waals surface area contributed by atoms with Gasteiger partial charge in [-0.3, -0.25) is 4.55 Å². The molecule has 0 aliphatic carbocycles. The molecule has 1 aromatic rings. The molecule has 12 heavy (non-hydrogen) atoms. The third kappa shape index (κ3) is 1.69. The highest BCUT2D eigenvalue weighted by Gasteiger charge is 2.20. The Morgan fingerprint density at radius 1 is 1.50 bits per heavy atom. The third-order valence-corrected chi connectivity index (χ3v) is 2.19. The highest BCUT2D eigenvalue weighted by atomic mass is 32.2. The van der Waals surface area contributed by atoms with E-state index in [0.717, 1.165) is 0 Å². The van der Waals surface area contributed by atoms with Gasteiger partial charge in [-0.25, -0.2) is 0 Å². The van der Waals surface area contributed by atoms with E-state index in [2.05, 4.69) is 6.58 Å². The minimum absolute atomic E-state index is 0.194. The van der Waals surface area contributed by atoms with Gasteiger partial charge in [0.2, 0.25) is 0 Å². The van der Waals surface area contributed by atoms with Crippen LogP contribution in [0.4, 0.5) is 0 Å². The van der Waals surface area contributed by atoms with Gasteiger partial charge in [-0.05, 0) is 12.6 Å². The Morgan fingerprint density at radius 2 is 2.17 bits per heavy atom. The molecule has 0 saturated heterocycles. The first kappa shape index (κ1) is 8.89. The monoisotopic (exact) mass is 186 g/mol. The van der Waals surface area contributed by atoms with Crippen LogP contribution in [0.15, 0.2) is 36.0 Å². The Labute approximate surface area is 70.5 Å². The van der Waals surface area contributed by atoms with Crippen LogP contribution in [0.2, 0.25) is 0 Å². The number of rotatable bonds is 2. The van der Waals surface area contributed by atoms with Crippen LogP contribution in [0.3, 0.4) is 0 Å². The molecule has 1 aromatic heterocycles. The zero-order valence-electron chi connectivity index (χ0n) is 6.21. The highest BCUT2D eigenvalue weighted by molar-refractivity contribution is 7.85. The molecule has 0 bridgehead atoms. The van der Waals surface area contributed by atoms with Crippen molar-refractivity contribution in [3.63, 3.8) is 0 Å². The smallest absolute Gasteiger partial charge is 0.277 e. The number of hydrogen-bond donors (Lipinski definition) is 1. The summed E-state index contributed by atoms with van der Waals surface area (Å²) in [5.41, 5.74) is 0. The molecule has 0 saturated carbocycles. The average molecular weight is 186 g/mol. The van der Waals surface area contributed by atoms with Crippen LogP contribution in [0.25, 0.3) is 6.20 Å². The first-order valence-corrected chi connectivity index (χ1v) is 4.60. The summed E-state index contributed by atoms with van der Waals surface area (Å²) in [6.45, 7) is 3.39. The van der Waals surface area contributed by atoms with E-state index in [1.807, 2.05) is 0 Å². The summed E-state index contributed by atoms with van der Waals surface area (Å²) in [4.78, 5) is 0. The Balaban J connectivity index is 3.43. The van der Waals surface area contributed by atoms with E-state index < -0.39 is 10.1 Å². The van der Waals surface area contributed by atoms with Gasteiger partial charge in [0.05, 0.1) is 0 Å². The molecule has 0 fully saturated rings. The lowest BCUT2D eigenvalue weighted by molar-refractivity contribution is -0.611. The second-order valence-corrected chi connectivity index (χ2v) is 3.47. The van der Waals surface area contributed by atoms with Crippen molar-refractivity contribution in [2.24, 2.45) is 0 Å². The van der Waals surface area contributed by atoms with Crippen LogP contribution in [0.1, 0.15) is 0 Å². The molecule has 0 aliphatic heterocycles. The van der Waals surface area contributed by atoms with E-state index in [0.29, 0.717) is 0 Å².